The van der Waals surface area contributed by atoms with Gasteiger partial charge in [0.15, 0.2) is 5.78 Å². The van der Waals surface area contributed by atoms with Crippen LogP contribution in [-0.2, 0) is 0 Å². The van der Waals surface area contributed by atoms with E-state index in [-0.39, 0.29) is 5.78 Å². The summed E-state index contributed by atoms with van der Waals surface area (Å²) in [6.45, 7) is 1.57. The number of aromatic nitrogens is 1. The van der Waals surface area contributed by atoms with Gasteiger partial charge in [-0.3, -0.25) is 4.79 Å². The number of carbonyl (C=O) groups is 1. The molecule has 2 aromatic carbocycles. The molecular formula is C21H15NO3S2. The largest absolute Gasteiger partial charge is 0.457 e. The number of benzene rings is 2. The molecule has 2 heterocycles. The third kappa shape index (κ3) is 4.24. The lowest BCUT2D eigenvalue weighted by atomic mass is 10.3. The highest BCUT2D eigenvalue weighted by molar-refractivity contribution is 7.23. The standard InChI is InChI=1S/C21H15NO3S2/c1-14(23)18-11-12-19(26-18)20-13-22-21(27-20)25-17-9-7-16(8-10-17)24-15-5-3-2-4-6-15/h2-13H,1H3. The van der Waals surface area contributed by atoms with Gasteiger partial charge in [-0.1, -0.05) is 29.5 Å². The molecule has 0 aliphatic rings. The van der Waals surface area contributed by atoms with Gasteiger partial charge in [-0.2, -0.15) is 0 Å². The van der Waals surface area contributed by atoms with Gasteiger partial charge in [0.05, 0.1) is 16.0 Å². The number of carbonyl (C=O) groups excluding carboxylic acids is 1. The number of nitrogens with zero attached hydrogens (tertiary/aromatic N) is 1. The van der Waals surface area contributed by atoms with Gasteiger partial charge in [0.25, 0.3) is 5.19 Å². The minimum Gasteiger partial charge on any atom is -0.457 e. The Balaban J connectivity index is 1.43. The van der Waals surface area contributed by atoms with Crippen molar-refractivity contribution in [3.8, 4) is 32.2 Å². The summed E-state index contributed by atoms with van der Waals surface area (Å²) in [6.07, 6.45) is 1.77. The average Bonchev–Trinajstić information content (AvgIpc) is 3.34. The molecule has 0 N–H and O–H groups in total. The lowest BCUT2D eigenvalue weighted by molar-refractivity contribution is 0.102. The summed E-state index contributed by atoms with van der Waals surface area (Å²) in [4.78, 5) is 18.5. The molecule has 4 nitrogen and oxygen atoms in total. The summed E-state index contributed by atoms with van der Waals surface area (Å²) in [7, 11) is 0. The van der Waals surface area contributed by atoms with Crippen LogP contribution in [0.1, 0.15) is 16.6 Å². The van der Waals surface area contributed by atoms with Crippen LogP contribution in [0.5, 0.6) is 22.4 Å². The van der Waals surface area contributed by atoms with Gasteiger partial charge in [-0.25, -0.2) is 4.98 Å². The Morgan fingerprint density at radius 2 is 1.44 bits per heavy atom. The van der Waals surface area contributed by atoms with Crippen LogP contribution in [0.4, 0.5) is 0 Å². The molecule has 0 unspecified atom stereocenters. The summed E-state index contributed by atoms with van der Waals surface area (Å²) < 4.78 is 11.6. The maximum Gasteiger partial charge on any atom is 0.279 e. The molecule has 0 radical (unpaired) electrons. The fraction of sp³-hybridized carbons (Fsp3) is 0.0476. The number of thiazole rings is 1. The lowest BCUT2D eigenvalue weighted by Gasteiger charge is -2.06. The number of para-hydroxylation sites is 1. The van der Waals surface area contributed by atoms with E-state index in [0.717, 1.165) is 26.1 Å². The molecular weight excluding hydrogens is 378 g/mol. The van der Waals surface area contributed by atoms with E-state index < -0.39 is 0 Å². The van der Waals surface area contributed by atoms with Crippen molar-refractivity contribution in [1.29, 1.82) is 0 Å². The maximum absolute atomic E-state index is 11.4. The van der Waals surface area contributed by atoms with Gasteiger partial charge in [0.2, 0.25) is 0 Å². The molecule has 0 aliphatic heterocycles. The van der Waals surface area contributed by atoms with Gasteiger partial charge in [-0.15, -0.1) is 11.3 Å². The topological polar surface area (TPSA) is 48.4 Å². The monoisotopic (exact) mass is 393 g/mol. The highest BCUT2D eigenvalue weighted by Crippen LogP contribution is 2.37. The van der Waals surface area contributed by atoms with Crippen LogP contribution in [0.25, 0.3) is 9.75 Å². The smallest absolute Gasteiger partial charge is 0.279 e. The quantitative estimate of drug-likeness (QED) is 0.344. The summed E-state index contributed by atoms with van der Waals surface area (Å²) in [5.74, 6) is 2.29. The van der Waals surface area contributed by atoms with E-state index in [1.807, 2.05) is 66.7 Å². The molecule has 0 aliphatic carbocycles. The molecule has 0 saturated heterocycles. The number of thiophene rings is 1. The highest BCUT2D eigenvalue weighted by atomic mass is 32.1. The van der Waals surface area contributed by atoms with Crippen LogP contribution in [-0.4, -0.2) is 10.8 Å². The second kappa shape index (κ2) is 7.73. The molecule has 27 heavy (non-hydrogen) atoms. The minimum absolute atomic E-state index is 0.0741. The van der Waals surface area contributed by atoms with Crippen LogP contribution in [0.3, 0.4) is 0 Å². The average molecular weight is 393 g/mol. The maximum atomic E-state index is 11.4. The zero-order valence-electron chi connectivity index (χ0n) is 14.4. The number of rotatable bonds is 6. The van der Waals surface area contributed by atoms with Crippen molar-refractivity contribution in [3.63, 3.8) is 0 Å². The van der Waals surface area contributed by atoms with E-state index in [0.29, 0.717) is 10.9 Å². The molecule has 0 atom stereocenters. The Morgan fingerprint density at radius 1 is 0.778 bits per heavy atom. The molecule has 4 rings (SSSR count). The Hall–Kier alpha value is -2.96. The Labute approximate surface area is 164 Å². The fourth-order valence-corrected chi connectivity index (χ4v) is 4.14. The van der Waals surface area contributed by atoms with Crippen molar-refractivity contribution in [3.05, 3.63) is 77.8 Å². The third-order valence-corrected chi connectivity index (χ3v) is 5.95. The molecule has 0 bridgehead atoms. The second-order valence-electron chi connectivity index (χ2n) is 5.70. The number of Topliss-reactive ketones (excluding diaryl/α,β-unsaturated/α-hetero) is 1. The molecule has 2 aromatic heterocycles. The van der Waals surface area contributed by atoms with Gasteiger partial charge >= 0.3 is 0 Å². The molecule has 0 fully saturated rings. The first-order valence-electron chi connectivity index (χ1n) is 8.25. The second-order valence-corrected chi connectivity index (χ2v) is 7.78. The number of hydrogen-bond acceptors (Lipinski definition) is 6. The molecule has 0 amide bonds. The van der Waals surface area contributed by atoms with E-state index in [9.17, 15) is 4.79 Å². The van der Waals surface area contributed by atoms with Crippen molar-refractivity contribution in [2.75, 3.05) is 0 Å². The zero-order valence-corrected chi connectivity index (χ0v) is 16.0. The Kier molecular flexibility index (Phi) is 5.00. The van der Waals surface area contributed by atoms with Crippen LogP contribution < -0.4 is 9.47 Å². The highest BCUT2D eigenvalue weighted by Gasteiger charge is 2.11. The Morgan fingerprint density at radius 3 is 2.11 bits per heavy atom. The lowest BCUT2D eigenvalue weighted by Crippen LogP contribution is -1.85. The zero-order chi connectivity index (χ0) is 18.6. The van der Waals surface area contributed by atoms with Crippen LogP contribution >= 0.6 is 22.7 Å². The molecule has 0 saturated carbocycles. The predicted octanol–water partition coefficient (Wildman–Crippen LogP) is 6.66. The van der Waals surface area contributed by atoms with Crippen LogP contribution in [0.2, 0.25) is 0 Å². The summed E-state index contributed by atoms with van der Waals surface area (Å²) in [5.41, 5.74) is 0. The summed E-state index contributed by atoms with van der Waals surface area (Å²) >= 11 is 2.91. The van der Waals surface area contributed by atoms with Crippen LogP contribution in [0, 0.1) is 0 Å². The minimum atomic E-state index is 0.0741. The van der Waals surface area contributed by atoms with Gasteiger partial charge in [0, 0.05) is 4.88 Å². The molecule has 134 valence electrons. The number of ketones is 1. The Bertz CT molecular complexity index is 1050. The molecule has 4 aromatic rings. The van der Waals surface area contributed by atoms with E-state index in [2.05, 4.69) is 4.98 Å². The molecule has 0 spiro atoms. The van der Waals surface area contributed by atoms with E-state index in [4.69, 9.17) is 9.47 Å². The first-order valence-corrected chi connectivity index (χ1v) is 9.88. The molecule has 6 heteroatoms. The summed E-state index contributed by atoms with van der Waals surface area (Å²) in [5, 5.41) is 0.555. The van der Waals surface area contributed by atoms with E-state index in [1.54, 1.807) is 13.1 Å². The predicted molar refractivity (Wildman–Crippen MR) is 108 cm³/mol. The normalized spacial score (nSPS) is 10.6. The van der Waals surface area contributed by atoms with Gasteiger partial charge < -0.3 is 9.47 Å². The van der Waals surface area contributed by atoms with Crippen molar-refractivity contribution < 1.29 is 14.3 Å². The van der Waals surface area contributed by atoms with Crippen LogP contribution in [0.15, 0.2) is 72.9 Å². The first kappa shape index (κ1) is 17.5. The first-order chi connectivity index (χ1) is 13.2. The third-order valence-electron chi connectivity index (χ3n) is 3.69. The van der Waals surface area contributed by atoms with Gasteiger partial charge in [0.1, 0.15) is 17.2 Å². The van der Waals surface area contributed by atoms with Gasteiger partial charge in [-0.05, 0) is 55.5 Å². The summed E-state index contributed by atoms with van der Waals surface area (Å²) in [6, 6.07) is 20.8. The van der Waals surface area contributed by atoms with E-state index in [1.165, 1.54) is 22.7 Å². The fourth-order valence-electron chi connectivity index (χ4n) is 2.38. The van der Waals surface area contributed by atoms with Crippen molar-refractivity contribution in [2.45, 2.75) is 6.92 Å². The van der Waals surface area contributed by atoms with Crippen molar-refractivity contribution in [2.24, 2.45) is 0 Å². The SMILES string of the molecule is CC(=O)c1ccc(-c2cnc(Oc3ccc(Oc4ccccc4)cc3)s2)s1. The van der Waals surface area contributed by atoms with Crippen molar-refractivity contribution in [1.82, 2.24) is 4.98 Å². The number of hydrogen-bond donors (Lipinski definition) is 0. The van der Waals surface area contributed by atoms with E-state index >= 15 is 0 Å². The van der Waals surface area contributed by atoms with Crippen molar-refractivity contribution >= 4 is 28.5 Å². The number of ether oxygens (including phenoxy) is 2.